The van der Waals surface area contributed by atoms with Crippen LogP contribution in [0, 0.1) is 0 Å². The molecule has 0 amide bonds. The molecule has 5 nitrogen and oxygen atoms in total. The zero-order valence-corrected chi connectivity index (χ0v) is 20.7. The molecule has 180 valence electrons. The van der Waals surface area contributed by atoms with Crippen molar-refractivity contribution in [3.63, 3.8) is 0 Å². The van der Waals surface area contributed by atoms with E-state index in [0.29, 0.717) is 6.42 Å². The number of H-pyrrole nitrogens is 1. The van der Waals surface area contributed by atoms with Crippen molar-refractivity contribution < 1.29 is 0 Å². The van der Waals surface area contributed by atoms with Crippen LogP contribution in [0.5, 0.6) is 0 Å². The number of nitrogens with one attached hydrogen (secondary N) is 1. The lowest BCUT2D eigenvalue weighted by Crippen LogP contribution is -2.01. The van der Waals surface area contributed by atoms with Crippen molar-refractivity contribution >= 4 is 0 Å². The number of hydrogen-bond donors (Lipinski definition) is 1. The second-order valence-corrected chi connectivity index (χ2v) is 8.96. The van der Waals surface area contributed by atoms with Crippen LogP contribution in [0.4, 0.5) is 0 Å². The Morgan fingerprint density at radius 3 is 2.08 bits per heavy atom. The minimum atomic E-state index is 0.704. The van der Waals surface area contributed by atoms with Gasteiger partial charge in [-0.2, -0.15) is 5.10 Å². The minimum Gasteiger partial charge on any atom is -0.324 e. The average molecular weight is 482 g/mol. The summed E-state index contributed by atoms with van der Waals surface area (Å²) < 4.78 is 2.34. The Kier molecular flexibility index (Phi) is 6.17. The number of rotatable bonds is 7. The van der Waals surface area contributed by atoms with Crippen LogP contribution in [0.1, 0.15) is 18.3 Å². The highest BCUT2D eigenvalue weighted by Crippen LogP contribution is 2.39. The number of benzene rings is 4. The van der Waals surface area contributed by atoms with Crippen LogP contribution < -0.4 is 0 Å². The molecule has 0 atom stereocenters. The van der Waals surface area contributed by atoms with E-state index >= 15 is 0 Å². The van der Waals surface area contributed by atoms with Crippen LogP contribution in [0.2, 0.25) is 0 Å². The molecule has 37 heavy (non-hydrogen) atoms. The third-order valence-corrected chi connectivity index (χ3v) is 6.62. The maximum Gasteiger partial charge on any atom is 0.141 e. The molecule has 2 heterocycles. The van der Waals surface area contributed by atoms with Gasteiger partial charge in [-0.15, -0.1) is 0 Å². The molecular formula is C32H27N5. The number of hydrogen-bond acceptors (Lipinski definition) is 3. The van der Waals surface area contributed by atoms with E-state index in [9.17, 15) is 0 Å². The Hall–Kier alpha value is -4.77. The van der Waals surface area contributed by atoms with Gasteiger partial charge in [-0.1, -0.05) is 109 Å². The zero-order valence-electron chi connectivity index (χ0n) is 20.7. The molecule has 0 aliphatic rings. The Morgan fingerprint density at radius 2 is 1.38 bits per heavy atom. The zero-order chi connectivity index (χ0) is 25.0. The molecule has 4 aromatic carbocycles. The molecule has 1 N–H and O–H groups in total. The van der Waals surface area contributed by atoms with Crippen LogP contribution in [0.25, 0.3) is 45.0 Å². The predicted molar refractivity (Wildman–Crippen MR) is 149 cm³/mol. The van der Waals surface area contributed by atoms with Crippen molar-refractivity contribution in [3.8, 4) is 45.0 Å². The van der Waals surface area contributed by atoms with Crippen LogP contribution >= 0.6 is 0 Å². The molecule has 0 radical (unpaired) electrons. The van der Waals surface area contributed by atoms with Crippen molar-refractivity contribution in [2.45, 2.75) is 19.9 Å². The maximum absolute atomic E-state index is 5.31. The third-order valence-electron chi connectivity index (χ3n) is 6.62. The quantitative estimate of drug-likeness (QED) is 0.261. The Bertz CT molecular complexity index is 1620. The van der Waals surface area contributed by atoms with Gasteiger partial charge in [-0.05, 0) is 23.6 Å². The summed E-state index contributed by atoms with van der Waals surface area (Å²) in [6.45, 7) is 2.99. The van der Waals surface area contributed by atoms with E-state index in [1.54, 1.807) is 6.33 Å². The summed E-state index contributed by atoms with van der Waals surface area (Å²) in [6, 6.07) is 38.2. The second-order valence-electron chi connectivity index (χ2n) is 8.96. The molecule has 0 saturated carbocycles. The van der Waals surface area contributed by atoms with Gasteiger partial charge in [0.2, 0.25) is 0 Å². The first-order chi connectivity index (χ1) is 18.3. The molecule has 2 aromatic heterocycles. The van der Waals surface area contributed by atoms with Crippen LogP contribution in [0.15, 0.2) is 116 Å². The molecule has 0 spiro atoms. The summed E-state index contributed by atoms with van der Waals surface area (Å²) in [7, 11) is 0. The summed E-state index contributed by atoms with van der Waals surface area (Å²) in [5, 5.41) is 6.95. The standard InChI is InChI=1S/C32H27N5/c1-2-37-31(25-15-7-4-8-16-25)30(24-13-5-3-6-14-24)35-32(37)28-19-10-9-18-27(28)26-17-11-12-23(20-26)21-29-33-22-34-36-29/h3-20,22H,2,21H2,1H3,(H,33,34,36). The summed E-state index contributed by atoms with van der Waals surface area (Å²) in [5.41, 5.74) is 9.01. The van der Waals surface area contributed by atoms with Gasteiger partial charge in [0.05, 0.1) is 11.4 Å². The third kappa shape index (κ3) is 4.47. The Labute approximate surface area is 216 Å². The van der Waals surface area contributed by atoms with Crippen LogP contribution in [-0.2, 0) is 13.0 Å². The molecule has 5 heteroatoms. The van der Waals surface area contributed by atoms with Gasteiger partial charge in [0.15, 0.2) is 0 Å². The first kappa shape index (κ1) is 22.7. The number of aromatic amines is 1. The van der Waals surface area contributed by atoms with Crippen LogP contribution in [0.3, 0.4) is 0 Å². The predicted octanol–water partition coefficient (Wildman–Crippen LogP) is 7.28. The van der Waals surface area contributed by atoms with Gasteiger partial charge in [-0.25, -0.2) is 9.97 Å². The summed E-state index contributed by atoms with van der Waals surface area (Å²) in [4.78, 5) is 9.60. The lowest BCUT2D eigenvalue weighted by atomic mass is 9.97. The number of imidazole rings is 1. The first-order valence-corrected chi connectivity index (χ1v) is 12.6. The molecule has 0 aliphatic carbocycles. The van der Waals surface area contributed by atoms with Crippen molar-refractivity contribution in [1.29, 1.82) is 0 Å². The highest BCUT2D eigenvalue weighted by molar-refractivity contribution is 5.87. The van der Waals surface area contributed by atoms with Crippen molar-refractivity contribution in [3.05, 3.63) is 127 Å². The topological polar surface area (TPSA) is 59.4 Å². The molecule has 6 rings (SSSR count). The SMILES string of the molecule is CCn1c(-c2ccccc2-c2cccc(Cc3ncn[nH]3)c2)nc(-c2ccccc2)c1-c1ccccc1. The van der Waals surface area contributed by atoms with E-state index in [1.165, 1.54) is 5.56 Å². The highest BCUT2D eigenvalue weighted by Gasteiger charge is 2.22. The number of aromatic nitrogens is 5. The molecular weight excluding hydrogens is 454 g/mol. The average Bonchev–Trinajstić information content (AvgIpc) is 3.62. The molecule has 0 aliphatic heterocycles. The Morgan fingerprint density at radius 1 is 0.703 bits per heavy atom. The van der Waals surface area contributed by atoms with Gasteiger partial charge < -0.3 is 4.57 Å². The van der Waals surface area contributed by atoms with E-state index in [4.69, 9.17) is 4.98 Å². The van der Waals surface area contributed by atoms with E-state index in [0.717, 1.165) is 57.4 Å². The molecule has 0 fully saturated rings. The largest absolute Gasteiger partial charge is 0.324 e. The van der Waals surface area contributed by atoms with Crippen molar-refractivity contribution in [1.82, 2.24) is 24.7 Å². The summed E-state index contributed by atoms with van der Waals surface area (Å²) in [5.74, 6) is 1.82. The van der Waals surface area contributed by atoms with Gasteiger partial charge >= 0.3 is 0 Å². The molecule has 0 unspecified atom stereocenters. The first-order valence-electron chi connectivity index (χ1n) is 12.6. The number of nitrogens with zero attached hydrogens (tertiary/aromatic N) is 4. The van der Waals surface area contributed by atoms with E-state index in [2.05, 4.69) is 130 Å². The van der Waals surface area contributed by atoms with Gasteiger partial charge in [0, 0.05) is 29.7 Å². The van der Waals surface area contributed by atoms with Crippen LogP contribution in [-0.4, -0.2) is 24.7 Å². The summed E-state index contributed by atoms with van der Waals surface area (Å²) in [6.07, 6.45) is 2.25. The monoisotopic (exact) mass is 481 g/mol. The normalized spacial score (nSPS) is 11.1. The fraction of sp³-hybridized carbons (Fsp3) is 0.0938. The minimum absolute atomic E-state index is 0.704. The van der Waals surface area contributed by atoms with Gasteiger partial charge in [-0.3, -0.25) is 5.10 Å². The van der Waals surface area contributed by atoms with Crippen molar-refractivity contribution in [2.24, 2.45) is 0 Å². The molecule has 0 bridgehead atoms. The van der Waals surface area contributed by atoms with E-state index in [-0.39, 0.29) is 0 Å². The smallest absolute Gasteiger partial charge is 0.141 e. The molecule has 0 saturated heterocycles. The summed E-state index contributed by atoms with van der Waals surface area (Å²) >= 11 is 0. The fourth-order valence-corrected chi connectivity index (χ4v) is 4.94. The fourth-order valence-electron chi connectivity index (χ4n) is 4.94. The Balaban J connectivity index is 1.53. The lowest BCUT2D eigenvalue weighted by molar-refractivity contribution is 0.778. The van der Waals surface area contributed by atoms with E-state index < -0.39 is 0 Å². The molecule has 6 aromatic rings. The maximum atomic E-state index is 5.31. The lowest BCUT2D eigenvalue weighted by Gasteiger charge is -2.14. The van der Waals surface area contributed by atoms with Crippen molar-refractivity contribution in [2.75, 3.05) is 0 Å². The highest BCUT2D eigenvalue weighted by atomic mass is 15.2. The van der Waals surface area contributed by atoms with E-state index in [1.807, 2.05) is 6.07 Å². The second kappa shape index (κ2) is 10.1. The van der Waals surface area contributed by atoms with Gasteiger partial charge in [0.1, 0.15) is 18.0 Å². The van der Waals surface area contributed by atoms with Gasteiger partial charge in [0.25, 0.3) is 0 Å².